The molecule has 0 heterocycles. The molecule has 1 fully saturated rings. The number of carbonyl (C=O) groups is 2. The molecule has 1 aliphatic rings. The van der Waals surface area contributed by atoms with Crippen molar-refractivity contribution < 1.29 is 19.4 Å². The van der Waals surface area contributed by atoms with Gasteiger partial charge in [-0.3, -0.25) is 9.69 Å². The van der Waals surface area contributed by atoms with Crippen LogP contribution in [0, 0.1) is 0 Å². The molecule has 2 atom stereocenters. The summed E-state index contributed by atoms with van der Waals surface area (Å²) in [5.74, 6) is -0.836. The Morgan fingerprint density at radius 3 is 2.43 bits per heavy atom. The summed E-state index contributed by atoms with van der Waals surface area (Å²) in [5, 5.41) is 9.02. The van der Waals surface area contributed by atoms with E-state index in [0.717, 1.165) is 12.0 Å². The number of carbonyl (C=O) groups excluding carboxylic acids is 1. The first-order valence-electron chi connectivity index (χ1n) is 7.04. The zero-order valence-electron chi connectivity index (χ0n) is 12.6. The molecule has 0 aliphatic heterocycles. The molecule has 21 heavy (non-hydrogen) atoms. The molecule has 0 spiro atoms. The summed E-state index contributed by atoms with van der Waals surface area (Å²) < 4.78 is 5.31. The summed E-state index contributed by atoms with van der Waals surface area (Å²) in [5.41, 5.74) is 0.492. The fraction of sp³-hybridized carbons (Fsp3) is 0.500. The topological polar surface area (TPSA) is 66.8 Å². The van der Waals surface area contributed by atoms with E-state index in [9.17, 15) is 9.59 Å². The fourth-order valence-corrected chi connectivity index (χ4v) is 2.37. The van der Waals surface area contributed by atoms with Gasteiger partial charge in [-0.2, -0.15) is 0 Å². The minimum atomic E-state index is -1.03. The maximum atomic E-state index is 12.2. The standard InChI is InChI=1S/C16H21NO4/c1-16(2,3)21-15(20)17(10-14(18)19)13-9-12(13)11-7-5-4-6-8-11/h4-8,12-13H,9-10H2,1-3H3,(H,18,19). The normalized spacial score (nSPS) is 20.7. The van der Waals surface area contributed by atoms with Crippen LogP contribution in [-0.2, 0) is 9.53 Å². The minimum Gasteiger partial charge on any atom is -0.480 e. The first-order chi connectivity index (χ1) is 9.78. The van der Waals surface area contributed by atoms with E-state index in [-0.39, 0.29) is 18.5 Å². The smallest absolute Gasteiger partial charge is 0.411 e. The Morgan fingerprint density at radius 1 is 1.29 bits per heavy atom. The van der Waals surface area contributed by atoms with Crippen LogP contribution in [0.15, 0.2) is 30.3 Å². The van der Waals surface area contributed by atoms with Crippen LogP contribution in [0.25, 0.3) is 0 Å². The van der Waals surface area contributed by atoms with Gasteiger partial charge < -0.3 is 9.84 Å². The van der Waals surface area contributed by atoms with E-state index in [2.05, 4.69) is 0 Å². The van der Waals surface area contributed by atoms with E-state index < -0.39 is 17.7 Å². The van der Waals surface area contributed by atoms with Crippen LogP contribution >= 0.6 is 0 Å². The molecule has 1 aromatic rings. The summed E-state index contributed by atoms with van der Waals surface area (Å²) in [6, 6.07) is 9.72. The number of nitrogens with zero attached hydrogens (tertiary/aromatic N) is 1. The lowest BCUT2D eigenvalue weighted by molar-refractivity contribution is -0.138. The number of aliphatic carboxylic acids is 1. The van der Waals surface area contributed by atoms with Gasteiger partial charge >= 0.3 is 12.1 Å². The van der Waals surface area contributed by atoms with E-state index in [1.807, 2.05) is 30.3 Å². The van der Waals surface area contributed by atoms with Crippen molar-refractivity contribution in [1.29, 1.82) is 0 Å². The van der Waals surface area contributed by atoms with E-state index in [0.29, 0.717) is 0 Å². The number of ether oxygens (including phenoxy) is 1. The zero-order chi connectivity index (χ0) is 15.6. The van der Waals surface area contributed by atoms with Crippen molar-refractivity contribution >= 4 is 12.1 Å². The number of hydrogen-bond donors (Lipinski definition) is 1. The van der Waals surface area contributed by atoms with Crippen LogP contribution in [-0.4, -0.2) is 40.3 Å². The Bertz CT molecular complexity index is 521. The largest absolute Gasteiger partial charge is 0.480 e. The second-order valence-electron chi connectivity index (χ2n) is 6.32. The summed E-state index contributed by atoms with van der Waals surface area (Å²) in [7, 11) is 0. The first-order valence-corrected chi connectivity index (χ1v) is 7.04. The van der Waals surface area contributed by atoms with Crippen molar-refractivity contribution in [2.24, 2.45) is 0 Å². The van der Waals surface area contributed by atoms with Gasteiger partial charge in [0.25, 0.3) is 0 Å². The van der Waals surface area contributed by atoms with Gasteiger partial charge in [0, 0.05) is 12.0 Å². The van der Waals surface area contributed by atoms with Crippen molar-refractivity contribution in [2.75, 3.05) is 6.54 Å². The molecule has 0 radical (unpaired) electrons. The third-order valence-corrected chi connectivity index (χ3v) is 3.32. The molecule has 0 bridgehead atoms. The molecule has 2 rings (SSSR count). The number of hydrogen-bond acceptors (Lipinski definition) is 3. The number of carboxylic acids is 1. The molecule has 1 amide bonds. The second-order valence-corrected chi connectivity index (χ2v) is 6.32. The quantitative estimate of drug-likeness (QED) is 0.926. The van der Waals surface area contributed by atoms with Gasteiger partial charge in [-0.05, 0) is 32.8 Å². The summed E-state index contributed by atoms with van der Waals surface area (Å²) in [4.78, 5) is 24.5. The molecule has 1 aromatic carbocycles. The Morgan fingerprint density at radius 2 is 1.90 bits per heavy atom. The second kappa shape index (κ2) is 5.76. The van der Waals surface area contributed by atoms with Crippen LogP contribution in [0.3, 0.4) is 0 Å². The molecular weight excluding hydrogens is 270 g/mol. The van der Waals surface area contributed by atoms with Gasteiger partial charge in [0.2, 0.25) is 0 Å². The molecule has 5 nitrogen and oxygen atoms in total. The van der Waals surface area contributed by atoms with Crippen molar-refractivity contribution in [3.8, 4) is 0 Å². The number of rotatable bonds is 4. The molecule has 0 saturated heterocycles. The van der Waals surface area contributed by atoms with Crippen LogP contribution < -0.4 is 0 Å². The third kappa shape index (κ3) is 4.21. The molecular formula is C16H21NO4. The highest BCUT2D eigenvalue weighted by atomic mass is 16.6. The summed E-state index contributed by atoms with van der Waals surface area (Å²) in [6.07, 6.45) is 0.213. The van der Waals surface area contributed by atoms with Gasteiger partial charge in [-0.25, -0.2) is 4.79 Å². The Hall–Kier alpha value is -2.04. The molecule has 1 N–H and O–H groups in total. The van der Waals surface area contributed by atoms with Crippen LogP contribution in [0.4, 0.5) is 4.79 Å². The van der Waals surface area contributed by atoms with E-state index >= 15 is 0 Å². The maximum absolute atomic E-state index is 12.2. The molecule has 0 aromatic heterocycles. The fourth-order valence-electron chi connectivity index (χ4n) is 2.37. The Balaban J connectivity index is 2.08. The van der Waals surface area contributed by atoms with Crippen LogP contribution in [0.2, 0.25) is 0 Å². The summed E-state index contributed by atoms with van der Waals surface area (Å²) in [6.45, 7) is 4.98. The number of benzene rings is 1. The van der Waals surface area contributed by atoms with E-state index in [4.69, 9.17) is 9.84 Å². The Labute approximate surface area is 124 Å². The molecule has 2 unspecified atom stereocenters. The molecule has 114 valence electrons. The summed E-state index contributed by atoms with van der Waals surface area (Å²) >= 11 is 0. The maximum Gasteiger partial charge on any atom is 0.411 e. The van der Waals surface area contributed by atoms with Gasteiger partial charge in [0.1, 0.15) is 12.1 Å². The highest BCUT2D eigenvalue weighted by Gasteiger charge is 2.46. The molecule has 5 heteroatoms. The number of amides is 1. The van der Waals surface area contributed by atoms with Crippen molar-refractivity contribution in [3.05, 3.63) is 35.9 Å². The highest BCUT2D eigenvalue weighted by Crippen LogP contribution is 2.44. The molecule has 1 aliphatic carbocycles. The molecule has 1 saturated carbocycles. The monoisotopic (exact) mass is 291 g/mol. The first kappa shape index (κ1) is 15.4. The average molecular weight is 291 g/mol. The van der Waals surface area contributed by atoms with E-state index in [1.54, 1.807) is 20.8 Å². The highest BCUT2D eigenvalue weighted by molar-refractivity contribution is 5.77. The van der Waals surface area contributed by atoms with Gasteiger partial charge in [-0.1, -0.05) is 30.3 Å². The Kier molecular flexibility index (Phi) is 4.21. The zero-order valence-corrected chi connectivity index (χ0v) is 12.6. The van der Waals surface area contributed by atoms with Crippen LogP contribution in [0.1, 0.15) is 38.7 Å². The average Bonchev–Trinajstić information content (AvgIpc) is 3.14. The SMILES string of the molecule is CC(C)(C)OC(=O)N(CC(=O)O)C1CC1c1ccccc1. The van der Waals surface area contributed by atoms with Gasteiger partial charge in [0.15, 0.2) is 0 Å². The van der Waals surface area contributed by atoms with Crippen LogP contribution in [0.5, 0.6) is 0 Å². The minimum absolute atomic E-state index is 0.0988. The predicted octanol–water partition coefficient (Wildman–Crippen LogP) is 2.86. The third-order valence-electron chi connectivity index (χ3n) is 3.32. The van der Waals surface area contributed by atoms with Crippen molar-refractivity contribution in [1.82, 2.24) is 4.90 Å². The predicted molar refractivity (Wildman–Crippen MR) is 78.2 cm³/mol. The van der Waals surface area contributed by atoms with Gasteiger partial charge in [-0.15, -0.1) is 0 Å². The number of carboxylic acid groups (broad SMARTS) is 1. The van der Waals surface area contributed by atoms with Crippen molar-refractivity contribution in [3.63, 3.8) is 0 Å². The lowest BCUT2D eigenvalue weighted by Gasteiger charge is -2.26. The lowest BCUT2D eigenvalue weighted by atomic mass is 10.1. The van der Waals surface area contributed by atoms with Crippen molar-refractivity contribution in [2.45, 2.75) is 44.8 Å². The lowest BCUT2D eigenvalue weighted by Crippen LogP contribution is -2.41. The van der Waals surface area contributed by atoms with E-state index in [1.165, 1.54) is 4.90 Å². The van der Waals surface area contributed by atoms with Gasteiger partial charge in [0.05, 0.1) is 0 Å².